The Kier molecular flexibility index (Phi) is 3.71. The third-order valence-electron chi connectivity index (χ3n) is 2.83. The first-order valence-electron chi connectivity index (χ1n) is 5.41. The lowest BCUT2D eigenvalue weighted by atomic mass is 9.96. The van der Waals surface area contributed by atoms with E-state index in [4.69, 9.17) is 10.5 Å². The van der Waals surface area contributed by atoms with Crippen molar-refractivity contribution in [2.24, 2.45) is 5.73 Å². The van der Waals surface area contributed by atoms with E-state index >= 15 is 0 Å². The van der Waals surface area contributed by atoms with Crippen molar-refractivity contribution in [3.05, 3.63) is 29.6 Å². The standard InChI is InChI=1S/C12H16FNOS/c1-16-5-4-9-7-11(14)10-6-8(13)2-3-12(10)15-9/h2-3,6,9,11H,4-5,7,14H2,1H3/t9?,11-/m1/s1. The topological polar surface area (TPSA) is 35.2 Å². The first kappa shape index (κ1) is 11.7. The minimum Gasteiger partial charge on any atom is -0.490 e. The highest BCUT2D eigenvalue weighted by Crippen LogP contribution is 2.34. The minimum absolute atomic E-state index is 0.105. The molecule has 16 heavy (non-hydrogen) atoms. The van der Waals surface area contributed by atoms with Gasteiger partial charge in [-0.2, -0.15) is 11.8 Å². The lowest BCUT2D eigenvalue weighted by Gasteiger charge is -2.30. The average Bonchev–Trinajstić information content (AvgIpc) is 2.27. The molecule has 0 fully saturated rings. The van der Waals surface area contributed by atoms with E-state index in [9.17, 15) is 4.39 Å². The number of benzene rings is 1. The predicted octanol–water partition coefficient (Wildman–Crippen LogP) is 2.73. The molecule has 0 radical (unpaired) electrons. The smallest absolute Gasteiger partial charge is 0.124 e. The van der Waals surface area contributed by atoms with Crippen molar-refractivity contribution in [3.8, 4) is 5.75 Å². The highest BCUT2D eigenvalue weighted by molar-refractivity contribution is 7.98. The summed E-state index contributed by atoms with van der Waals surface area (Å²) in [5, 5.41) is 0. The van der Waals surface area contributed by atoms with Gasteiger partial charge in [-0.1, -0.05) is 0 Å². The van der Waals surface area contributed by atoms with E-state index in [1.54, 1.807) is 17.8 Å². The van der Waals surface area contributed by atoms with E-state index in [1.165, 1.54) is 12.1 Å². The SMILES string of the molecule is CSCCC1C[C@@H](N)c2cc(F)ccc2O1. The van der Waals surface area contributed by atoms with Gasteiger partial charge in [-0.05, 0) is 36.6 Å². The average molecular weight is 241 g/mol. The summed E-state index contributed by atoms with van der Waals surface area (Å²) in [6, 6.07) is 4.47. The van der Waals surface area contributed by atoms with Gasteiger partial charge in [0.05, 0.1) is 0 Å². The minimum atomic E-state index is -0.250. The zero-order chi connectivity index (χ0) is 11.5. The van der Waals surface area contributed by atoms with Gasteiger partial charge in [-0.15, -0.1) is 0 Å². The molecule has 88 valence electrons. The van der Waals surface area contributed by atoms with Crippen LogP contribution in [0, 0.1) is 5.82 Å². The van der Waals surface area contributed by atoms with Gasteiger partial charge in [-0.3, -0.25) is 0 Å². The van der Waals surface area contributed by atoms with E-state index in [-0.39, 0.29) is 18.0 Å². The molecule has 0 aromatic heterocycles. The maximum atomic E-state index is 13.1. The third kappa shape index (κ3) is 2.50. The van der Waals surface area contributed by atoms with Crippen LogP contribution in [0.2, 0.25) is 0 Å². The Morgan fingerprint density at radius 2 is 2.38 bits per heavy atom. The quantitative estimate of drug-likeness (QED) is 0.883. The zero-order valence-electron chi connectivity index (χ0n) is 9.28. The molecule has 1 aromatic rings. The fraction of sp³-hybridized carbons (Fsp3) is 0.500. The van der Waals surface area contributed by atoms with E-state index in [2.05, 4.69) is 6.26 Å². The number of hydrogen-bond acceptors (Lipinski definition) is 3. The molecule has 0 aliphatic carbocycles. The van der Waals surface area contributed by atoms with E-state index in [1.807, 2.05) is 0 Å². The van der Waals surface area contributed by atoms with Gasteiger partial charge in [0.1, 0.15) is 17.7 Å². The molecular formula is C12H16FNOS. The van der Waals surface area contributed by atoms with Crippen molar-refractivity contribution in [2.75, 3.05) is 12.0 Å². The third-order valence-corrected chi connectivity index (χ3v) is 3.47. The maximum absolute atomic E-state index is 13.1. The number of fused-ring (bicyclic) bond motifs is 1. The Balaban J connectivity index is 2.13. The molecule has 0 saturated carbocycles. The first-order valence-corrected chi connectivity index (χ1v) is 6.80. The number of nitrogens with two attached hydrogens (primary N) is 1. The monoisotopic (exact) mass is 241 g/mol. The second-order valence-corrected chi connectivity index (χ2v) is 5.03. The van der Waals surface area contributed by atoms with Crippen molar-refractivity contribution in [1.29, 1.82) is 0 Å². The van der Waals surface area contributed by atoms with Crippen LogP contribution in [0.1, 0.15) is 24.4 Å². The Hall–Kier alpha value is -0.740. The van der Waals surface area contributed by atoms with E-state index < -0.39 is 0 Å². The van der Waals surface area contributed by atoms with Crippen LogP contribution in [0.25, 0.3) is 0 Å². The molecule has 1 aromatic carbocycles. The van der Waals surface area contributed by atoms with Gasteiger partial charge >= 0.3 is 0 Å². The van der Waals surface area contributed by atoms with Gasteiger partial charge in [0, 0.05) is 18.0 Å². The summed E-state index contributed by atoms with van der Waals surface area (Å²) >= 11 is 1.80. The molecule has 2 rings (SSSR count). The fourth-order valence-electron chi connectivity index (χ4n) is 1.98. The van der Waals surface area contributed by atoms with Gasteiger partial charge < -0.3 is 10.5 Å². The lowest BCUT2D eigenvalue weighted by molar-refractivity contribution is 0.156. The molecule has 2 N–H and O–H groups in total. The summed E-state index contributed by atoms with van der Waals surface area (Å²) in [5.74, 6) is 1.56. The van der Waals surface area contributed by atoms with E-state index in [0.29, 0.717) is 0 Å². The summed E-state index contributed by atoms with van der Waals surface area (Å²) in [6.07, 6.45) is 4.01. The molecule has 2 atom stereocenters. The van der Waals surface area contributed by atoms with Crippen LogP contribution in [0.5, 0.6) is 5.75 Å². The van der Waals surface area contributed by atoms with Crippen molar-refractivity contribution < 1.29 is 9.13 Å². The van der Waals surface area contributed by atoms with Crippen molar-refractivity contribution in [2.45, 2.75) is 25.0 Å². The summed E-state index contributed by atoms with van der Waals surface area (Å²) in [6.45, 7) is 0. The number of rotatable bonds is 3. The summed E-state index contributed by atoms with van der Waals surface area (Å²) < 4.78 is 18.9. The molecular weight excluding hydrogens is 225 g/mol. The number of thioether (sulfide) groups is 1. The second kappa shape index (κ2) is 5.06. The molecule has 1 heterocycles. The van der Waals surface area contributed by atoms with Crippen molar-refractivity contribution in [3.63, 3.8) is 0 Å². The molecule has 0 spiro atoms. The van der Waals surface area contributed by atoms with Crippen LogP contribution in [-0.2, 0) is 0 Å². The largest absolute Gasteiger partial charge is 0.490 e. The molecule has 0 saturated heterocycles. The van der Waals surface area contributed by atoms with Crippen LogP contribution in [-0.4, -0.2) is 18.1 Å². The Morgan fingerprint density at radius 3 is 3.12 bits per heavy atom. The highest BCUT2D eigenvalue weighted by Gasteiger charge is 2.25. The fourth-order valence-corrected chi connectivity index (χ4v) is 2.48. The van der Waals surface area contributed by atoms with Gasteiger partial charge in [0.2, 0.25) is 0 Å². The normalized spacial score (nSPS) is 23.7. The van der Waals surface area contributed by atoms with Crippen LogP contribution in [0.3, 0.4) is 0 Å². The number of ether oxygens (including phenoxy) is 1. The molecule has 1 aliphatic heterocycles. The Bertz CT molecular complexity index is 372. The first-order chi connectivity index (χ1) is 7.70. The summed E-state index contributed by atoms with van der Waals surface area (Å²) in [5.41, 5.74) is 6.82. The van der Waals surface area contributed by atoms with Gasteiger partial charge in [0.25, 0.3) is 0 Å². The van der Waals surface area contributed by atoms with Crippen LogP contribution in [0.4, 0.5) is 4.39 Å². The molecule has 4 heteroatoms. The molecule has 0 amide bonds. The van der Waals surface area contributed by atoms with Crippen LogP contribution < -0.4 is 10.5 Å². The van der Waals surface area contributed by atoms with Crippen LogP contribution >= 0.6 is 11.8 Å². The number of hydrogen-bond donors (Lipinski definition) is 1. The van der Waals surface area contributed by atoms with Gasteiger partial charge in [-0.25, -0.2) is 4.39 Å². The predicted molar refractivity (Wildman–Crippen MR) is 65.4 cm³/mol. The molecule has 0 bridgehead atoms. The summed E-state index contributed by atoms with van der Waals surface area (Å²) in [7, 11) is 0. The lowest BCUT2D eigenvalue weighted by Crippen LogP contribution is -2.30. The van der Waals surface area contributed by atoms with Crippen molar-refractivity contribution >= 4 is 11.8 Å². The zero-order valence-corrected chi connectivity index (χ0v) is 10.1. The molecule has 1 aliphatic rings. The molecule has 2 nitrogen and oxygen atoms in total. The Labute approximate surface area is 99.4 Å². The Morgan fingerprint density at radius 1 is 1.56 bits per heavy atom. The highest BCUT2D eigenvalue weighted by atomic mass is 32.2. The second-order valence-electron chi connectivity index (χ2n) is 4.05. The van der Waals surface area contributed by atoms with E-state index in [0.717, 1.165) is 29.9 Å². The maximum Gasteiger partial charge on any atom is 0.124 e. The molecule has 1 unspecified atom stereocenters. The summed E-state index contributed by atoms with van der Waals surface area (Å²) in [4.78, 5) is 0. The van der Waals surface area contributed by atoms with Gasteiger partial charge in [0.15, 0.2) is 0 Å². The van der Waals surface area contributed by atoms with Crippen LogP contribution in [0.15, 0.2) is 18.2 Å². The van der Waals surface area contributed by atoms with Crippen molar-refractivity contribution in [1.82, 2.24) is 0 Å². The number of halogens is 1.